The fourth-order valence-corrected chi connectivity index (χ4v) is 3.60. The number of rotatable bonds is 10. The van der Waals surface area contributed by atoms with Gasteiger partial charge in [0.1, 0.15) is 11.8 Å². The molecule has 0 aromatic heterocycles. The largest absolute Gasteiger partial charge is 0.484 e. The van der Waals surface area contributed by atoms with E-state index >= 15 is 0 Å². The molecule has 0 aliphatic rings. The van der Waals surface area contributed by atoms with Crippen LogP contribution in [-0.4, -0.2) is 35.9 Å². The predicted octanol–water partition coefficient (Wildman–Crippen LogP) is 4.46. The Hall–Kier alpha value is -3.60. The zero-order chi connectivity index (χ0) is 23.6. The third-order valence-electron chi connectivity index (χ3n) is 5.48. The average molecular weight is 445 g/mol. The Kier molecular flexibility index (Phi) is 8.64. The van der Waals surface area contributed by atoms with E-state index in [2.05, 4.69) is 5.32 Å². The van der Waals surface area contributed by atoms with E-state index in [1.165, 1.54) is 0 Å². The average Bonchev–Trinajstić information content (AvgIpc) is 2.82. The number of ether oxygens (including phenoxy) is 1. The molecule has 0 bridgehead atoms. The lowest BCUT2D eigenvalue weighted by Gasteiger charge is -2.31. The quantitative estimate of drug-likeness (QED) is 0.502. The number of benzene rings is 3. The number of aryl methyl sites for hydroxylation is 2. The molecule has 3 aromatic rings. The first-order valence-electron chi connectivity index (χ1n) is 11.3. The minimum atomic E-state index is -0.650. The van der Waals surface area contributed by atoms with Gasteiger partial charge in [-0.25, -0.2) is 0 Å². The second-order valence-electron chi connectivity index (χ2n) is 8.21. The SMILES string of the molecule is CCNC(=O)[C@H](Cc1ccccc1)N(Cc1ccc(C)cc1)C(=O)COc1ccc(C)cc1. The van der Waals surface area contributed by atoms with E-state index in [0.717, 1.165) is 22.3 Å². The number of carbonyl (C=O) groups is 2. The highest BCUT2D eigenvalue weighted by Gasteiger charge is 2.30. The van der Waals surface area contributed by atoms with Crippen LogP contribution >= 0.6 is 0 Å². The van der Waals surface area contributed by atoms with Crippen molar-refractivity contribution in [1.29, 1.82) is 0 Å². The predicted molar refractivity (Wildman–Crippen MR) is 131 cm³/mol. The Morgan fingerprint density at radius 3 is 2.06 bits per heavy atom. The summed E-state index contributed by atoms with van der Waals surface area (Å²) in [5.74, 6) is 0.224. The second-order valence-corrected chi connectivity index (χ2v) is 8.21. The standard InChI is InChI=1S/C28H32N2O3/c1-4-29-28(32)26(18-23-8-6-5-7-9-23)30(19-24-14-10-21(2)11-15-24)27(31)20-33-25-16-12-22(3)13-17-25/h5-17,26H,4,18-20H2,1-3H3,(H,29,32)/t26-/m0/s1. The van der Waals surface area contributed by atoms with Gasteiger partial charge in [0, 0.05) is 19.5 Å². The van der Waals surface area contributed by atoms with Crippen molar-refractivity contribution in [1.82, 2.24) is 10.2 Å². The van der Waals surface area contributed by atoms with Crippen LogP contribution in [0.2, 0.25) is 0 Å². The topological polar surface area (TPSA) is 58.6 Å². The van der Waals surface area contributed by atoms with E-state index < -0.39 is 6.04 Å². The van der Waals surface area contributed by atoms with E-state index in [0.29, 0.717) is 25.3 Å². The van der Waals surface area contributed by atoms with Gasteiger partial charge in [-0.1, -0.05) is 77.9 Å². The first kappa shape index (κ1) is 24.1. The third kappa shape index (κ3) is 7.21. The summed E-state index contributed by atoms with van der Waals surface area (Å²) in [5.41, 5.74) is 4.22. The Bertz CT molecular complexity index is 1030. The van der Waals surface area contributed by atoms with Crippen molar-refractivity contribution in [3.05, 3.63) is 101 Å². The number of nitrogens with one attached hydrogen (secondary N) is 1. The van der Waals surface area contributed by atoms with Crippen molar-refractivity contribution in [2.75, 3.05) is 13.2 Å². The van der Waals surface area contributed by atoms with Crippen molar-refractivity contribution in [3.63, 3.8) is 0 Å². The molecule has 172 valence electrons. The van der Waals surface area contributed by atoms with Crippen LogP contribution in [0.1, 0.15) is 29.2 Å². The van der Waals surface area contributed by atoms with Crippen molar-refractivity contribution < 1.29 is 14.3 Å². The fourth-order valence-electron chi connectivity index (χ4n) is 3.60. The van der Waals surface area contributed by atoms with E-state index in [9.17, 15) is 9.59 Å². The number of nitrogens with zero attached hydrogens (tertiary/aromatic N) is 1. The van der Waals surface area contributed by atoms with Gasteiger partial charge in [-0.2, -0.15) is 0 Å². The molecule has 0 spiro atoms. The lowest BCUT2D eigenvalue weighted by atomic mass is 10.0. The number of carbonyl (C=O) groups excluding carboxylic acids is 2. The monoisotopic (exact) mass is 444 g/mol. The molecular formula is C28H32N2O3. The highest BCUT2D eigenvalue weighted by atomic mass is 16.5. The minimum absolute atomic E-state index is 0.139. The normalized spacial score (nSPS) is 11.5. The molecule has 0 aliphatic heterocycles. The van der Waals surface area contributed by atoms with Crippen molar-refractivity contribution in [3.8, 4) is 5.75 Å². The molecule has 0 aliphatic carbocycles. The molecule has 0 saturated heterocycles. The number of hydrogen-bond acceptors (Lipinski definition) is 3. The lowest BCUT2D eigenvalue weighted by molar-refractivity contribution is -0.142. The molecule has 0 heterocycles. The van der Waals surface area contributed by atoms with Gasteiger partial charge in [-0.15, -0.1) is 0 Å². The number of hydrogen-bond donors (Lipinski definition) is 1. The maximum Gasteiger partial charge on any atom is 0.261 e. The van der Waals surface area contributed by atoms with Gasteiger partial charge >= 0.3 is 0 Å². The van der Waals surface area contributed by atoms with Gasteiger partial charge in [-0.3, -0.25) is 9.59 Å². The zero-order valence-corrected chi connectivity index (χ0v) is 19.6. The molecule has 5 heteroatoms. The Labute approximate surface area is 196 Å². The van der Waals surface area contributed by atoms with Crippen LogP contribution in [0.25, 0.3) is 0 Å². The van der Waals surface area contributed by atoms with Crippen molar-refractivity contribution >= 4 is 11.8 Å². The first-order chi connectivity index (χ1) is 16.0. The van der Waals surface area contributed by atoms with Crippen LogP contribution in [0.3, 0.4) is 0 Å². The number of amides is 2. The summed E-state index contributed by atoms with van der Waals surface area (Å²) in [6.07, 6.45) is 0.425. The van der Waals surface area contributed by atoms with Gasteiger partial charge in [-0.05, 0) is 44.0 Å². The molecule has 5 nitrogen and oxygen atoms in total. The summed E-state index contributed by atoms with van der Waals surface area (Å²) < 4.78 is 5.78. The van der Waals surface area contributed by atoms with Crippen LogP contribution in [0.5, 0.6) is 5.75 Å². The van der Waals surface area contributed by atoms with Gasteiger partial charge in [0.25, 0.3) is 5.91 Å². The maximum absolute atomic E-state index is 13.4. The zero-order valence-electron chi connectivity index (χ0n) is 19.6. The van der Waals surface area contributed by atoms with Gasteiger partial charge in [0.15, 0.2) is 6.61 Å². The van der Waals surface area contributed by atoms with E-state index in [1.54, 1.807) is 4.90 Å². The molecule has 1 atom stereocenters. The smallest absolute Gasteiger partial charge is 0.261 e. The molecule has 2 amide bonds. The van der Waals surface area contributed by atoms with Gasteiger partial charge in [0.05, 0.1) is 0 Å². The summed E-state index contributed by atoms with van der Waals surface area (Å²) in [6.45, 7) is 6.58. The van der Waals surface area contributed by atoms with Gasteiger partial charge < -0.3 is 15.0 Å². The highest BCUT2D eigenvalue weighted by molar-refractivity contribution is 5.88. The Morgan fingerprint density at radius 2 is 1.45 bits per heavy atom. The summed E-state index contributed by atoms with van der Waals surface area (Å²) in [4.78, 5) is 28.2. The lowest BCUT2D eigenvalue weighted by Crippen LogP contribution is -2.51. The molecule has 3 aromatic carbocycles. The van der Waals surface area contributed by atoms with Crippen LogP contribution < -0.4 is 10.1 Å². The highest BCUT2D eigenvalue weighted by Crippen LogP contribution is 2.17. The summed E-state index contributed by atoms with van der Waals surface area (Å²) in [6, 6.07) is 24.7. The van der Waals surface area contributed by atoms with Crippen molar-refractivity contribution in [2.45, 2.75) is 39.8 Å². The number of likely N-dealkylation sites (N-methyl/N-ethyl adjacent to an activating group) is 1. The molecule has 3 rings (SSSR count). The molecule has 0 unspecified atom stereocenters. The van der Waals surface area contributed by atoms with E-state index in [4.69, 9.17) is 4.74 Å². The van der Waals surface area contributed by atoms with Gasteiger partial charge in [0.2, 0.25) is 5.91 Å². The van der Waals surface area contributed by atoms with Crippen LogP contribution in [0, 0.1) is 13.8 Å². The van der Waals surface area contributed by atoms with Crippen LogP contribution in [-0.2, 0) is 22.6 Å². The van der Waals surface area contributed by atoms with E-state index in [-0.39, 0.29) is 18.4 Å². The molecule has 1 N–H and O–H groups in total. The first-order valence-corrected chi connectivity index (χ1v) is 11.3. The minimum Gasteiger partial charge on any atom is -0.484 e. The summed E-state index contributed by atoms with van der Waals surface area (Å²) in [7, 11) is 0. The fraction of sp³-hybridized carbons (Fsp3) is 0.286. The van der Waals surface area contributed by atoms with E-state index in [1.807, 2.05) is 99.6 Å². The van der Waals surface area contributed by atoms with Crippen LogP contribution in [0.4, 0.5) is 0 Å². The molecule has 0 fully saturated rings. The summed E-state index contributed by atoms with van der Waals surface area (Å²) in [5, 5.41) is 2.90. The second kappa shape index (κ2) is 11.9. The summed E-state index contributed by atoms with van der Waals surface area (Å²) >= 11 is 0. The molecular weight excluding hydrogens is 412 g/mol. The Morgan fingerprint density at radius 1 is 0.848 bits per heavy atom. The maximum atomic E-state index is 13.4. The van der Waals surface area contributed by atoms with Crippen LogP contribution in [0.15, 0.2) is 78.9 Å². The molecule has 0 saturated carbocycles. The molecule has 33 heavy (non-hydrogen) atoms. The third-order valence-corrected chi connectivity index (χ3v) is 5.48. The Balaban J connectivity index is 1.87. The molecule has 0 radical (unpaired) electrons. The van der Waals surface area contributed by atoms with Crippen molar-refractivity contribution in [2.24, 2.45) is 0 Å².